The molecular weight excluding hydrogens is 406 g/mol. The van der Waals surface area contributed by atoms with Crippen molar-refractivity contribution in [1.82, 2.24) is 14.0 Å². The van der Waals surface area contributed by atoms with Crippen LogP contribution in [0.2, 0.25) is 5.02 Å². The molecule has 0 aliphatic heterocycles. The molecular formula is C15H15ClF2N4O4S. The summed E-state index contributed by atoms with van der Waals surface area (Å²) in [6.07, 6.45) is 1.24. The smallest absolute Gasteiger partial charge is 0.303 e. The minimum Gasteiger partial charge on any atom is -0.452 e. The van der Waals surface area contributed by atoms with Gasteiger partial charge < -0.3 is 10.1 Å². The number of carbonyl (C=O) groups excluding carboxylic acids is 1. The van der Waals surface area contributed by atoms with E-state index < -0.39 is 39.1 Å². The maximum absolute atomic E-state index is 14.2. The largest absolute Gasteiger partial charge is 0.452 e. The van der Waals surface area contributed by atoms with Crippen LogP contribution in [0.25, 0.3) is 0 Å². The Labute approximate surface area is 159 Å². The molecule has 2 aromatic rings. The Morgan fingerprint density at radius 2 is 1.89 bits per heavy atom. The highest BCUT2D eigenvalue weighted by Gasteiger charge is 2.23. The Bertz CT molecular complexity index is 986. The molecule has 0 fully saturated rings. The van der Waals surface area contributed by atoms with Crippen LogP contribution in [0.15, 0.2) is 24.4 Å². The highest BCUT2D eigenvalue weighted by atomic mass is 35.5. The van der Waals surface area contributed by atoms with Gasteiger partial charge in [-0.25, -0.2) is 18.5 Å². The van der Waals surface area contributed by atoms with Crippen LogP contribution in [0, 0.1) is 11.6 Å². The van der Waals surface area contributed by atoms with E-state index >= 15 is 0 Å². The summed E-state index contributed by atoms with van der Waals surface area (Å²) in [5.41, 5.74) is -0.799. The van der Waals surface area contributed by atoms with Crippen LogP contribution in [0.4, 0.5) is 14.6 Å². The van der Waals surface area contributed by atoms with E-state index in [0.29, 0.717) is 22.3 Å². The van der Waals surface area contributed by atoms with Crippen LogP contribution >= 0.6 is 11.6 Å². The van der Waals surface area contributed by atoms with Crippen molar-refractivity contribution in [2.75, 3.05) is 26.5 Å². The van der Waals surface area contributed by atoms with Crippen molar-refractivity contribution >= 4 is 33.5 Å². The Kier molecular flexibility index (Phi) is 6.19. The third kappa shape index (κ3) is 4.81. The maximum Gasteiger partial charge on any atom is 0.303 e. The number of ether oxygens (including phenoxy) is 1. The Morgan fingerprint density at radius 1 is 1.22 bits per heavy atom. The average molecular weight is 421 g/mol. The van der Waals surface area contributed by atoms with E-state index in [2.05, 4.69) is 10.3 Å². The van der Waals surface area contributed by atoms with Crippen LogP contribution in [-0.4, -0.2) is 44.8 Å². The number of aromatic nitrogens is 1. The normalized spacial score (nSPS) is 11.4. The van der Waals surface area contributed by atoms with Gasteiger partial charge in [-0.2, -0.15) is 12.7 Å². The van der Waals surface area contributed by atoms with E-state index in [4.69, 9.17) is 16.3 Å². The Hall–Kier alpha value is -2.50. The molecule has 0 radical (unpaired) electrons. The summed E-state index contributed by atoms with van der Waals surface area (Å²) in [5.74, 6) is -3.72. The van der Waals surface area contributed by atoms with Gasteiger partial charge >= 0.3 is 10.2 Å². The van der Waals surface area contributed by atoms with E-state index in [0.717, 1.165) is 0 Å². The highest BCUT2D eigenvalue weighted by Crippen LogP contribution is 2.30. The molecule has 2 N–H and O–H groups in total. The fourth-order valence-electron chi connectivity index (χ4n) is 1.83. The second kappa shape index (κ2) is 8.03. The van der Waals surface area contributed by atoms with Crippen LogP contribution in [0.1, 0.15) is 10.4 Å². The number of rotatable bonds is 6. The number of carbonyl (C=O) groups is 1. The summed E-state index contributed by atoms with van der Waals surface area (Å²) < 4.78 is 59.2. The molecule has 2 rings (SSSR count). The first kappa shape index (κ1) is 20.8. The summed E-state index contributed by atoms with van der Waals surface area (Å²) >= 11 is 5.93. The summed E-state index contributed by atoms with van der Waals surface area (Å²) in [6, 6.07) is 2.48. The van der Waals surface area contributed by atoms with Crippen molar-refractivity contribution in [2.24, 2.45) is 0 Å². The van der Waals surface area contributed by atoms with Gasteiger partial charge in [0.15, 0.2) is 11.6 Å². The topological polar surface area (TPSA) is 101 Å². The predicted octanol–water partition coefficient (Wildman–Crippen LogP) is 2.38. The molecule has 1 aromatic heterocycles. The second-order valence-electron chi connectivity index (χ2n) is 5.33. The summed E-state index contributed by atoms with van der Waals surface area (Å²) in [6.45, 7) is 0. The molecule has 0 aliphatic carbocycles. The number of amides is 1. The first-order chi connectivity index (χ1) is 12.5. The standard InChI is InChI=1S/C15H15ClF2N4O4S/c1-19-14-10(16)4-8(7-20-14)26-13-6-11(17)9(5-12(13)18)15(23)21-27(24,25)22(2)3/h4-7H,1-3H3,(H,19,20)(H,21,23). The molecule has 0 bridgehead atoms. The molecule has 0 aliphatic rings. The summed E-state index contributed by atoms with van der Waals surface area (Å²) in [4.78, 5) is 15.9. The minimum atomic E-state index is -4.16. The van der Waals surface area contributed by atoms with Crippen molar-refractivity contribution < 1.29 is 26.7 Å². The van der Waals surface area contributed by atoms with Gasteiger partial charge in [-0.1, -0.05) is 11.6 Å². The number of benzene rings is 1. The lowest BCUT2D eigenvalue weighted by Gasteiger charge is -2.13. The summed E-state index contributed by atoms with van der Waals surface area (Å²) in [7, 11) is -0.222. The number of nitrogens with zero attached hydrogens (tertiary/aromatic N) is 2. The lowest BCUT2D eigenvalue weighted by atomic mass is 10.2. The van der Waals surface area contributed by atoms with Gasteiger partial charge in [-0.15, -0.1) is 0 Å². The zero-order valence-electron chi connectivity index (χ0n) is 14.4. The van der Waals surface area contributed by atoms with Crippen molar-refractivity contribution in [3.8, 4) is 11.5 Å². The van der Waals surface area contributed by atoms with Gasteiger partial charge in [0.05, 0.1) is 16.8 Å². The quantitative estimate of drug-likeness (QED) is 0.744. The third-order valence-electron chi connectivity index (χ3n) is 3.25. The number of nitrogens with one attached hydrogen (secondary N) is 2. The zero-order chi connectivity index (χ0) is 20.4. The van der Waals surface area contributed by atoms with Crippen molar-refractivity contribution in [3.63, 3.8) is 0 Å². The number of anilines is 1. The molecule has 0 atom stereocenters. The van der Waals surface area contributed by atoms with Crippen LogP contribution in [0.5, 0.6) is 11.5 Å². The highest BCUT2D eigenvalue weighted by molar-refractivity contribution is 7.87. The van der Waals surface area contributed by atoms with Gasteiger partial charge in [0.1, 0.15) is 17.4 Å². The second-order valence-corrected chi connectivity index (χ2v) is 7.63. The van der Waals surface area contributed by atoms with Gasteiger partial charge in [-0.05, 0) is 6.07 Å². The first-order valence-corrected chi connectivity index (χ1v) is 9.11. The average Bonchev–Trinajstić information content (AvgIpc) is 2.57. The van der Waals surface area contributed by atoms with Crippen molar-refractivity contribution in [2.45, 2.75) is 0 Å². The number of hydrogen-bond acceptors (Lipinski definition) is 6. The van der Waals surface area contributed by atoms with E-state index in [1.54, 1.807) is 11.8 Å². The lowest BCUT2D eigenvalue weighted by molar-refractivity contribution is 0.0975. The fourth-order valence-corrected chi connectivity index (χ4v) is 2.61. The molecule has 12 heteroatoms. The van der Waals surface area contributed by atoms with Crippen molar-refractivity contribution in [3.05, 3.63) is 46.6 Å². The third-order valence-corrected chi connectivity index (χ3v) is 4.94. The van der Waals surface area contributed by atoms with Crippen LogP contribution in [-0.2, 0) is 10.2 Å². The number of halogens is 3. The number of pyridine rings is 1. The molecule has 1 aromatic carbocycles. The molecule has 0 unspecified atom stereocenters. The minimum absolute atomic E-state index is 0.0321. The maximum atomic E-state index is 14.2. The number of hydrogen-bond donors (Lipinski definition) is 2. The molecule has 1 heterocycles. The zero-order valence-corrected chi connectivity index (χ0v) is 16.0. The van der Waals surface area contributed by atoms with E-state index in [9.17, 15) is 22.0 Å². The predicted molar refractivity (Wildman–Crippen MR) is 95.3 cm³/mol. The van der Waals surface area contributed by atoms with E-state index in [1.165, 1.54) is 26.4 Å². The Morgan fingerprint density at radius 3 is 2.44 bits per heavy atom. The van der Waals surface area contributed by atoms with Crippen LogP contribution in [0.3, 0.4) is 0 Å². The Balaban J connectivity index is 2.29. The molecule has 0 saturated carbocycles. The van der Waals surface area contributed by atoms with Gasteiger partial charge in [-0.3, -0.25) is 4.79 Å². The molecule has 8 nitrogen and oxygen atoms in total. The van der Waals surface area contributed by atoms with Crippen molar-refractivity contribution in [1.29, 1.82) is 0 Å². The van der Waals surface area contributed by atoms with Gasteiger partial charge in [0.25, 0.3) is 5.91 Å². The SMILES string of the molecule is CNc1ncc(Oc2cc(F)c(C(=O)NS(=O)(=O)N(C)C)cc2F)cc1Cl. The first-order valence-electron chi connectivity index (χ1n) is 7.30. The molecule has 0 spiro atoms. The molecule has 27 heavy (non-hydrogen) atoms. The van der Waals surface area contributed by atoms with Gasteiger partial charge in [0.2, 0.25) is 0 Å². The molecule has 1 amide bonds. The van der Waals surface area contributed by atoms with Gasteiger partial charge in [0, 0.05) is 33.3 Å². The van der Waals surface area contributed by atoms with E-state index in [1.807, 2.05) is 0 Å². The summed E-state index contributed by atoms with van der Waals surface area (Å²) in [5, 5.41) is 2.92. The van der Waals surface area contributed by atoms with Crippen LogP contribution < -0.4 is 14.8 Å². The monoisotopic (exact) mass is 420 g/mol. The molecule has 0 saturated heterocycles. The fraction of sp³-hybridized carbons (Fsp3) is 0.200. The molecule has 146 valence electrons. The lowest BCUT2D eigenvalue weighted by Crippen LogP contribution is -2.39. The van der Waals surface area contributed by atoms with E-state index in [-0.39, 0.29) is 10.8 Å².